The highest BCUT2D eigenvalue weighted by molar-refractivity contribution is 6.30. The third-order valence-corrected chi connectivity index (χ3v) is 2.88. The molecule has 1 heterocycles. The summed E-state index contributed by atoms with van der Waals surface area (Å²) < 4.78 is 13.8. The van der Waals surface area contributed by atoms with E-state index in [1.165, 1.54) is 0 Å². The van der Waals surface area contributed by atoms with Crippen LogP contribution in [0.1, 0.15) is 5.56 Å². The van der Waals surface area contributed by atoms with Gasteiger partial charge in [0, 0.05) is 31.2 Å². The minimum atomic E-state index is -0.152. The molecular weight excluding hydrogens is 215 g/mol. The van der Waals surface area contributed by atoms with Crippen molar-refractivity contribution < 1.29 is 4.39 Å². The lowest BCUT2D eigenvalue weighted by molar-refractivity contribution is 0.563. The van der Waals surface area contributed by atoms with Crippen molar-refractivity contribution >= 4 is 17.3 Å². The van der Waals surface area contributed by atoms with Crippen molar-refractivity contribution in [2.45, 2.75) is 6.92 Å². The Hall–Kier alpha value is -0.800. The van der Waals surface area contributed by atoms with E-state index in [9.17, 15) is 4.39 Å². The van der Waals surface area contributed by atoms with E-state index in [2.05, 4.69) is 5.32 Å². The fourth-order valence-corrected chi connectivity index (χ4v) is 2.11. The Balaban J connectivity index is 2.33. The quantitative estimate of drug-likeness (QED) is 0.793. The molecule has 1 aromatic rings. The van der Waals surface area contributed by atoms with Gasteiger partial charge in [0.25, 0.3) is 0 Å². The summed E-state index contributed by atoms with van der Waals surface area (Å²) in [4.78, 5) is 2.03. The highest BCUT2D eigenvalue weighted by atomic mass is 35.5. The topological polar surface area (TPSA) is 15.3 Å². The molecule has 0 aliphatic carbocycles. The number of benzene rings is 1. The number of halogens is 2. The third-order valence-electron chi connectivity index (χ3n) is 2.66. The van der Waals surface area contributed by atoms with Crippen molar-refractivity contribution in [3.63, 3.8) is 0 Å². The first-order chi connectivity index (χ1) is 7.18. The van der Waals surface area contributed by atoms with E-state index >= 15 is 0 Å². The Morgan fingerprint density at radius 2 is 2.00 bits per heavy atom. The molecule has 0 aromatic heterocycles. The fourth-order valence-electron chi connectivity index (χ4n) is 1.84. The second kappa shape index (κ2) is 4.37. The average molecular weight is 229 g/mol. The Labute approximate surface area is 94.0 Å². The SMILES string of the molecule is Cc1cc(Cl)cc(N2CCNCC2)c1F. The second-order valence-corrected chi connectivity index (χ2v) is 4.23. The zero-order valence-electron chi connectivity index (χ0n) is 8.69. The molecule has 82 valence electrons. The van der Waals surface area contributed by atoms with Crippen LogP contribution in [0.4, 0.5) is 10.1 Å². The summed E-state index contributed by atoms with van der Waals surface area (Å²) in [5, 5.41) is 3.84. The molecule has 1 aliphatic rings. The van der Waals surface area contributed by atoms with Crippen LogP contribution in [0.2, 0.25) is 5.02 Å². The smallest absolute Gasteiger partial charge is 0.149 e. The van der Waals surface area contributed by atoms with Gasteiger partial charge in [0.15, 0.2) is 0 Å². The van der Waals surface area contributed by atoms with Crippen LogP contribution in [0.5, 0.6) is 0 Å². The van der Waals surface area contributed by atoms with Crippen LogP contribution in [0.25, 0.3) is 0 Å². The minimum Gasteiger partial charge on any atom is -0.367 e. The molecule has 1 aromatic carbocycles. The number of nitrogens with one attached hydrogen (secondary N) is 1. The molecule has 1 fully saturated rings. The average Bonchev–Trinajstić information content (AvgIpc) is 2.24. The van der Waals surface area contributed by atoms with Crippen LogP contribution in [-0.2, 0) is 0 Å². The minimum absolute atomic E-state index is 0.152. The maximum Gasteiger partial charge on any atom is 0.149 e. The van der Waals surface area contributed by atoms with Crippen molar-refractivity contribution in [3.05, 3.63) is 28.5 Å². The summed E-state index contributed by atoms with van der Waals surface area (Å²) in [5.74, 6) is -0.152. The number of hydrogen-bond donors (Lipinski definition) is 1. The Bertz CT molecular complexity index is 362. The van der Waals surface area contributed by atoms with E-state index in [1.54, 1.807) is 19.1 Å². The molecule has 0 radical (unpaired) electrons. The molecule has 0 amide bonds. The molecular formula is C11H14ClFN2. The molecule has 0 unspecified atom stereocenters. The standard InChI is InChI=1S/C11H14ClFN2/c1-8-6-9(12)7-10(11(8)13)15-4-2-14-3-5-15/h6-7,14H,2-5H2,1H3. The van der Waals surface area contributed by atoms with Crippen molar-refractivity contribution in [1.29, 1.82) is 0 Å². The number of nitrogens with zero attached hydrogens (tertiary/aromatic N) is 1. The molecule has 0 saturated carbocycles. The number of anilines is 1. The van der Waals surface area contributed by atoms with Gasteiger partial charge in [-0.15, -0.1) is 0 Å². The van der Waals surface area contributed by atoms with E-state index < -0.39 is 0 Å². The van der Waals surface area contributed by atoms with Gasteiger partial charge in [-0.2, -0.15) is 0 Å². The lowest BCUT2D eigenvalue weighted by Crippen LogP contribution is -2.43. The largest absolute Gasteiger partial charge is 0.367 e. The van der Waals surface area contributed by atoms with Gasteiger partial charge in [-0.3, -0.25) is 0 Å². The molecule has 1 N–H and O–H groups in total. The van der Waals surface area contributed by atoms with E-state index in [0.29, 0.717) is 16.3 Å². The van der Waals surface area contributed by atoms with Gasteiger partial charge in [0.1, 0.15) is 5.82 Å². The predicted octanol–water partition coefficient (Wildman–Crippen LogP) is 2.20. The zero-order valence-corrected chi connectivity index (χ0v) is 9.44. The van der Waals surface area contributed by atoms with E-state index in [4.69, 9.17) is 11.6 Å². The lowest BCUT2D eigenvalue weighted by atomic mass is 10.1. The van der Waals surface area contributed by atoms with Gasteiger partial charge >= 0.3 is 0 Å². The van der Waals surface area contributed by atoms with Crippen LogP contribution < -0.4 is 10.2 Å². The molecule has 0 atom stereocenters. The van der Waals surface area contributed by atoms with E-state index in [-0.39, 0.29) is 5.82 Å². The summed E-state index contributed by atoms with van der Waals surface area (Å²) in [6.07, 6.45) is 0. The summed E-state index contributed by atoms with van der Waals surface area (Å²) in [5.41, 5.74) is 1.23. The van der Waals surface area contributed by atoms with Gasteiger partial charge < -0.3 is 10.2 Å². The van der Waals surface area contributed by atoms with E-state index in [1.807, 2.05) is 4.90 Å². The zero-order chi connectivity index (χ0) is 10.8. The predicted molar refractivity (Wildman–Crippen MR) is 61.2 cm³/mol. The normalized spacial score (nSPS) is 16.9. The van der Waals surface area contributed by atoms with Crippen LogP contribution in [0.3, 0.4) is 0 Å². The van der Waals surface area contributed by atoms with Crippen LogP contribution in [-0.4, -0.2) is 26.2 Å². The van der Waals surface area contributed by atoms with Crippen LogP contribution in [0.15, 0.2) is 12.1 Å². The number of hydrogen-bond acceptors (Lipinski definition) is 2. The molecule has 15 heavy (non-hydrogen) atoms. The number of piperazine rings is 1. The summed E-state index contributed by atoms with van der Waals surface area (Å²) >= 11 is 5.93. The monoisotopic (exact) mass is 228 g/mol. The van der Waals surface area contributed by atoms with Crippen molar-refractivity contribution in [2.24, 2.45) is 0 Å². The molecule has 2 nitrogen and oxygen atoms in total. The fraction of sp³-hybridized carbons (Fsp3) is 0.455. The first kappa shape index (κ1) is 10.7. The van der Waals surface area contributed by atoms with Crippen molar-refractivity contribution in [1.82, 2.24) is 5.32 Å². The summed E-state index contributed by atoms with van der Waals surface area (Å²) in [6, 6.07) is 3.36. The molecule has 1 saturated heterocycles. The van der Waals surface area contributed by atoms with Gasteiger partial charge in [-0.1, -0.05) is 11.6 Å². The molecule has 2 rings (SSSR count). The van der Waals surface area contributed by atoms with Gasteiger partial charge in [-0.05, 0) is 24.6 Å². The Morgan fingerprint density at radius 3 is 2.67 bits per heavy atom. The summed E-state index contributed by atoms with van der Waals surface area (Å²) in [7, 11) is 0. The highest BCUT2D eigenvalue weighted by Gasteiger charge is 2.16. The second-order valence-electron chi connectivity index (χ2n) is 3.79. The molecule has 0 bridgehead atoms. The number of aryl methyl sites for hydroxylation is 1. The molecule has 1 aliphatic heterocycles. The van der Waals surface area contributed by atoms with Crippen LogP contribution >= 0.6 is 11.6 Å². The molecule has 4 heteroatoms. The Morgan fingerprint density at radius 1 is 1.33 bits per heavy atom. The van der Waals surface area contributed by atoms with Crippen LogP contribution in [0, 0.1) is 12.7 Å². The van der Waals surface area contributed by atoms with Crippen molar-refractivity contribution in [2.75, 3.05) is 31.1 Å². The first-order valence-corrected chi connectivity index (χ1v) is 5.47. The number of rotatable bonds is 1. The van der Waals surface area contributed by atoms with E-state index in [0.717, 1.165) is 26.2 Å². The third kappa shape index (κ3) is 2.24. The maximum atomic E-state index is 13.8. The summed E-state index contributed by atoms with van der Waals surface area (Å²) in [6.45, 7) is 5.19. The van der Waals surface area contributed by atoms with Crippen molar-refractivity contribution in [3.8, 4) is 0 Å². The maximum absolute atomic E-state index is 13.8. The lowest BCUT2D eigenvalue weighted by Gasteiger charge is -2.30. The first-order valence-electron chi connectivity index (χ1n) is 5.10. The molecule has 0 spiro atoms. The van der Waals surface area contributed by atoms with Gasteiger partial charge in [0.2, 0.25) is 0 Å². The Kier molecular flexibility index (Phi) is 3.12. The van der Waals surface area contributed by atoms with Gasteiger partial charge in [0.05, 0.1) is 5.69 Å². The highest BCUT2D eigenvalue weighted by Crippen LogP contribution is 2.26. The van der Waals surface area contributed by atoms with Gasteiger partial charge in [-0.25, -0.2) is 4.39 Å².